The number of hydrogen-bond acceptors (Lipinski definition) is 3. The van der Waals surface area contributed by atoms with Gasteiger partial charge in [-0.05, 0) is 18.4 Å². The second-order valence-corrected chi connectivity index (χ2v) is 4.84. The van der Waals surface area contributed by atoms with Gasteiger partial charge in [-0.3, -0.25) is 4.79 Å². The van der Waals surface area contributed by atoms with Crippen molar-refractivity contribution in [1.82, 2.24) is 0 Å². The maximum atomic E-state index is 11.6. The zero-order valence-electron chi connectivity index (χ0n) is 10.7. The Morgan fingerprint density at radius 1 is 1.39 bits per heavy atom. The van der Waals surface area contributed by atoms with Gasteiger partial charge in [0.25, 0.3) is 0 Å². The van der Waals surface area contributed by atoms with Gasteiger partial charge < -0.3 is 10.5 Å². The number of esters is 1. The van der Waals surface area contributed by atoms with Gasteiger partial charge >= 0.3 is 5.97 Å². The second-order valence-electron chi connectivity index (χ2n) is 4.44. The van der Waals surface area contributed by atoms with Crippen LogP contribution in [0, 0.1) is 5.92 Å². The Bertz CT molecular complexity index is 385. The monoisotopic (exact) mass is 289 g/mol. The van der Waals surface area contributed by atoms with Crippen LogP contribution < -0.4 is 5.73 Å². The molecule has 1 rings (SSSR count). The van der Waals surface area contributed by atoms with Gasteiger partial charge in [-0.2, -0.15) is 13.5 Å². The molecule has 0 saturated heterocycles. The SMILES string of the molecule is CC(C)C[C@H](N)C(=O)OCc1ccccc1Cl.S. The van der Waals surface area contributed by atoms with E-state index in [2.05, 4.69) is 0 Å². The van der Waals surface area contributed by atoms with Gasteiger partial charge in [0, 0.05) is 10.6 Å². The molecule has 1 aromatic carbocycles. The van der Waals surface area contributed by atoms with Crippen LogP contribution in [-0.2, 0) is 16.1 Å². The summed E-state index contributed by atoms with van der Waals surface area (Å²) in [5, 5.41) is 0.595. The van der Waals surface area contributed by atoms with E-state index in [4.69, 9.17) is 22.1 Å². The third-order valence-electron chi connectivity index (χ3n) is 2.36. The third-order valence-corrected chi connectivity index (χ3v) is 2.72. The summed E-state index contributed by atoms with van der Waals surface area (Å²) < 4.78 is 5.12. The molecule has 0 bridgehead atoms. The van der Waals surface area contributed by atoms with E-state index in [0.717, 1.165) is 5.56 Å². The molecule has 0 radical (unpaired) electrons. The first-order valence-electron chi connectivity index (χ1n) is 5.66. The average molecular weight is 290 g/mol. The number of benzene rings is 1. The Morgan fingerprint density at radius 3 is 2.56 bits per heavy atom. The van der Waals surface area contributed by atoms with E-state index >= 15 is 0 Å². The Hall–Kier alpha value is -0.710. The Labute approximate surface area is 120 Å². The molecule has 0 spiro atoms. The number of nitrogens with two attached hydrogens (primary N) is 1. The molecule has 5 heteroatoms. The fourth-order valence-corrected chi connectivity index (χ4v) is 1.67. The number of carbonyl (C=O) groups excluding carboxylic acids is 1. The standard InChI is InChI=1S/C13H18ClNO2.H2S/c1-9(2)7-12(15)13(16)17-8-10-5-3-4-6-11(10)14;/h3-6,9,12H,7-8,15H2,1-2H3;1H2/t12-;/m0./s1. The van der Waals surface area contributed by atoms with Crippen LogP contribution in [-0.4, -0.2) is 12.0 Å². The van der Waals surface area contributed by atoms with Crippen LogP contribution in [0.15, 0.2) is 24.3 Å². The number of carbonyl (C=O) groups is 1. The quantitative estimate of drug-likeness (QED) is 0.848. The predicted molar refractivity (Wildman–Crippen MR) is 79.1 cm³/mol. The van der Waals surface area contributed by atoms with Gasteiger partial charge in [0.05, 0.1) is 0 Å². The van der Waals surface area contributed by atoms with Crippen molar-refractivity contribution < 1.29 is 9.53 Å². The zero-order valence-corrected chi connectivity index (χ0v) is 12.4. The molecule has 1 aromatic rings. The summed E-state index contributed by atoms with van der Waals surface area (Å²) in [6, 6.07) is 6.71. The van der Waals surface area contributed by atoms with E-state index in [-0.39, 0.29) is 26.1 Å². The third kappa shape index (κ3) is 5.76. The highest BCUT2D eigenvalue weighted by Gasteiger charge is 2.16. The zero-order chi connectivity index (χ0) is 12.8. The van der Waals surface area contributed by atoms with Crippen molar-refractivity contribution in [3.63, 3.8) is 0 Å². The molecule has 102 valence electrons. The van der Waals surface area contributed by atoms with Crippen molar-refractivity contribution in [3.8, 4) is 0 Å². The smallest absolute Gasteiger partial charge is 0.323 e. The normalized spacial score (nSPS) is 11.8. The van der Waals surface area contributed by atoms with Gasteiger partial charge in [-0.15, -0.1) is 0 Å². The molecule has 0 saturated carbocycles. The molecule has 0 fully saturated rings. The second kappa shape index (κ2) is 8.40. The maximum Gasteiger partial charge on any atom is 0.323 e. The van der Waals surface area contributed by atoms with E-state index in [1.807, 2.05) is 32.0 Å². The van der Waals surface area contributed by atoms with E-state index in [1.165, 1.54) is 0 Å². The Morgan fingerprint density at radius 2 is 2.00 bits per heavy atom. The van der Waals surface area contributed by atoms with Crippen molar-refractivity contribution in [1.29, 1.82) is 0 Å². The van der Waals surface area contributed by atoms with Crippen LogP contribution >= 0.6 is 25.1 Å². The molecule has 0 aliphatic rings. The lowest BCUT2D eigenvalue weighted by molar-refractivity contribution is -0.146. The van der Waals surface area contributed by atoms with Gasteiger partial charge in [-0.1, -0.05) is 43.6 Å². The lowest BCUT2D eigenvalue weighted by Crippen LogP contribution is -2.33. The number of rotatable bonds is 5. The summed E-state index contributed by atoms with van der Waals surface area (Å²) in [7, 11) is 0. The molecule has 3 nitrogen and oxygen atoms in total. The van der Waals surface area contributed by atoms with Crippen molar-refractivity contribution in [2.24, 2.45) is 11.7 Å². The highest BCUT2D eigenvalue weighted by molar-refractivity contribution is 7.59. The van der Waals surface area contributed by atoms with Crippen LogP contribution in [0.2, 0.25) is 5.02 Å². The first kappa shape index (κ1) is 17.3. The fraction of sp³-hybridized carbons (Fsp3) is 0.462. The number of ether oxygens (including phenoxy) is 1. The molecule has 18 heavy (non-hydrogen) atoms. The highest BCUT2D eigenvalue weighted by Crippen LogP contribution is 2.16. The predicted octanol–water partition coefficient (Wildman–Crippen LogP) is 2.87. The van der Waals surface area contributed by atoms with Gasteiger partial charge in [-0.25, -0.2) is 0 Å². The summed E-state index contributed by atoms with van der Waals surface area (Å²) in [5.74, 6) is -0.00326. The molecule has 0 unspecified atom stereocenters. The molecule has 2 N–H and O–H groups in total. The van der Waals surface area contributed by atoms with E-state index in [9.17, 15) is 4.79 Å². The summed E-state index contributed by atoms with van der Waals surface area (Å²) >= 11 is 5.95. The molecule has 0 aliphatic heterocycles. The summed E-state index contributed by atoms with van der Waals surface area (Å²) in [5.41, 5.74) is 6.50. The maximum absolute atomic E-state index is 11.6. The summed E-state index contributed by atoms with van der Waals surface area (Å²) in [6.07, 6.45) is 0.626. The van der Waals surface area contributed by atoms with Gasteiger partial charge in [0.2, 0.25) is 0 Å². The first-order valence-corrected chi connectivity index (χ1v) is 6.04. The lowest BCUT2D eigenvalue weighted by atomic mass is 10.1. The van der Waals surface area contributed by atoms with E-state index < -0.39 is 6.04 Å². The van der Waals surface area contributed by atoms with E-state index in [1.54, 1.807) is 6.07 Å². The van der Waals surface area contributed by atoms with Crippen LogP contribution in [0.5, 0.6) is 0 Å². The van der Waals surface area contributed by atoms with Crippen molar-refractivity contribution in [2.45, 2.75) is 32.9 Å². The minimum atomic E-state index is -0.558. The summed E-state index contributed by atoms with van der Waals surface area (Å²) in [4.78, 5) is 11.6. The van der Waals surface area contributed by atoms with Crippen LogP contribution in [0.1, 0.15) is 25.8 Å². The summed E-state index contributed by atoms with van der Waals surface area (Å²) in [6.45, 7) is 4.20. The van der Waals surface area contributed by atoms with Gasteiger partial charge in [0.1, 0.15) is 12.6 Å². The fourth-order valence-electron chi connectivity index (χ4n) is 1.48. The molecule has 0 amide bonds. The minimum Gasteiger partial charge on any atom is -0.460 e. The molecular formula is C13H20ClNO2S. The van der Waals surface area contributed by atoms with Gasteiger partial charge in [0.15, 0.2) is 0 Å². The topological polar surface area (TPSA) is 52.3 Å². The lowest BCUT2D eigenvalue weighted by Gasteiger charge is -2.13. The van der Waals surface area contributed by atoms with Crippen LogP contribution in [0.4, 0.5) is 0 Å². The minimum absolute atomic E-state index is 0. The van der Waals surface area contributed by atoms with Crippen LogP contribution in [0.3, 0.4) is 0 Å². The molecule has 0 aromatic heterocycles. The van der Waals surface area contributed by atoms with Crippen molar-refractivity contribution >= 4 is 31.1 Å². The van der Waals surface area contributed by atoms with Crippen molar-refractivity contribution in [2.75, 3.05) is 0 Å². The molecule has 0 heterocycles. The highest BCUT2D eigenvalue weighted by atomic mass is 35.5. The number of hydrogen-bond donors (Lipinski definition) is 1. The van der Waals surface area contributed by atoms with E-state index in [0.29, 0.717) is 17.4 Å². The Balaban J connectivity index is 0.00000289. The first-order chi connectivity index (χ1) is 8.00. The average Bonchev–Trinajstić information content (AvgIpc) is 2.26. The molecule has 1 atom stereocenters. The molecular weight excluding hydrogens is 270 g/mol. The van der Waals surface area contributed by atoms with Crippen molar-refractivity contribution in [3.05, 3.63) is 34.9 Å². The number of halogens is 1. The largest absolute Gasteiger partial charge is 0.460 e. The van der Waals surface area contributed by atoms with Crippen LogP contribution in [0.25, 0.3) is 0 Å². The Kier molecular flexibility index (Phi) is 8.07. The molecule has 0 aliphatic carbocycles.